The van der Waals surface area contributed by atoms with Gasteiger partial charge < -0.3 is 9.84 Å². The molecule has 0 unspecified atom stereocenters. The number of aryl methyl sites for hydroxylation is 1. The lowest BCUT2D eigenvalue weighted by molar-refractivity contribution is -0.385. The van der Waals surface area contributed by atoms with Gasteiger partial charge in [-0.3, -0.25) is 10.1 Å². The van der Waals surface area contributed by atoms with Crippen molar-refractivity contribution in [3.8, 4) is 11.5 Å². The lowest BCUT2D eigenvalue weighted by atomic mass is 10.2. The van der Waals surface area contributed by atoms with Crippen LogP contribution in [0.3, 0.4) is 0 Å². The van der Waals surface area contributed by atoms with E-state index >= 15 is 0 Å². The molecule has 0 bridgehead atoms. The number of nitro groups is 1. The Bertz CT molecular complexity index is 658. The summed E-state index contributed by atoms with van der Waals surface area (Å²) in [5.41, 5.74) is 1.23. The molecule has 0 heterocycles. The Hall–Kier alpha value is -1.92. The van der Waals surface area contributed by atoms with Crippen LogP contribution in [0.15, 0.2) is 40.9 Å². The second kappa shape index (κ2) is 6.02. The summed E-state index contributed by atoms with van der Waals surface area (Å²) in [7, 11) is 0. The van der Waals surface area contributed by atoms with E-state index in [1.807, 2.05) is 0 Å². The molecule has 104 valence electrons. The molecular formula is C14H12BrNO4. The van der Waals surface area contributed by atoms with E-state index in [9.17, 15) is 15.2 Å². The zero-order valence-corrected chi connectivity index (χ0v) is 12.3. The van der Waals surface area contributed by atoms with Gasteiger partial charge in [-0.1, -0.05) is 28.1 Å². The van der Waals surface area contributed by atoms with Crippen LogP contribution in [0.4, 0.5) is 5.69 Å². The van der Waals surface area contributed by atoms with Crippen molar-refractivity contribution < 1.29 is 14.8 Å². The Morgan fingerprint density at radius 3 is 2.65 bits per heavy atom. The summed E-state index contributed by atoms with van der Waals surface area (Å²) in [6, 6.07) is 9.86. The third kappa shape index (κ3) is 3.15. The predicted molar refractivity (Wildman–Crippen MR) is 78.0 cm³/mol. The summed E-state index contributed by atoms with van der Waals surface area (Å²) >= 11 is 3.30. The van der Waals surface area contributed by atoms with E-state index in [4.69, 9.17) is 4.74 Å². The molecule has 0 atom stereocenters. The van der Waals surface area contributed by atoms with Crippen LogP contribution < -0.4 is 4.74 Å². The Morgan fingerprint density at radius 2 is 2.00 bits per heavy atom. The summed E-state index contributed by atoms with van der Waals surface area (Å²) in [6.45, 7) is 1.57. The van der Waals surface area contributed by atoms with E-state index < -0.39 is 4.92 Å². The van der Waals surface area contributed by atoms with Gasteiger partial charge in [-0.05, 0) is 30.7 Å². The van der Waals surface area contributed by atoms with Crippen LogP contribution in [0.1, 0.15) is 11.1 Å². The van der Waals surface area contributed by atoms with Crippen molar-refractivity contribution in [3.63, 3.8) is 0 Å². The van der Waals surface area contributed by atoms with E-state index in [0.29, 0.717) is 11.3 Å². The fourth-order valence-electron chi connectivity index (χ4n) is 1.73. The molecule has 0 radical (unpaired) electrons. The molecular weight excluding hydrogens is 326 g/mol. The van der Waals surface area contributed by atoms with Crippen LogP contribution in [0.2, 0.25) is 0 Å². The molecule has 0 amide bonds. The van der Waals surface area contributed by atoms with Crippen LogP contribution >= 0.6 is 15.9 Å². The highest BCUT2D eigenvalue weighted by atomic mass is 79.9. The van der Waals surface area contributed by atoms with Gasteiger partial charge in [-0.2, -0.15) is 0 Å². The van der Waals surface area contributed by atoms with E-state index in [1.54, 1.807) is 37.3 Å². The Morgan fingerprint density at radius 1 is 1.25 bits per heavy atom. The van der Waals surface area contributed by atoms with Crippen molar-refractivity contribution in [2.75, 3.05) is 0 Å². The molecule has 2 rings (SSSR count). The fourth-order valence-corrected chi connectivity index (χ4v) is 2.07. The van der Waals surface area contributed by atoms with E-state index in [1.165, 1.54) is 6.07 Å². The molecule has 20 heavy (non-hydrogen) atoms. The van der Waals surface area contributed by atoms with Crippen molar-refractivity contribution >= 4 is 21.6 Å². The van der Waals surface area contributed by atoms with Gasteiger partial charge in [0.25, 0.3) is 0 Å². The Labute approximate surface area is 124 Å². The molecule has 0 aliphatic heterocycles. The minimum Gasteiger partial charge on any atom is -0.450 e. The number of nitrogens with zero attached hydrogens (tertiary/aromatic N) is 1. The number of rotatable bonds is 4. The molecule has 0 aliphatic rings. The summed E-state index contributed by atoms with van der Waals surface area (Å²) in [5.74, 6) is 0.530. The highest BCUT2D eigenvalue weighted by Crippen LogP contribution is 2.34. The van der Waals surface area contributed by atoms with Crippen LogP contribution in [0, 0.1) is 17.0 Å². The van der Waals surface area contributed by atoms with Gasteiger partial charge in [0.1, 0.15) is 5.75 Å². The van der Waals surface area contributed by atoms with E-state index in [0.717, 1.165) is 10.0 Å². The minimum absolute atomic E-state index is 0.103. The maximum Gasteiger partial charge on any atom is 0.311 e. The average molecular weight is 338 g/mol. The Balaban J connectivity index is 2.44. The van der Waals surface area contributed by atoms with Crippen LogP contribution in [-0.4, -0.2) is 10.0 Å². The Kier molecular flexibility index (Phi) is 4.36. The highest BCUT2D eigenvalue weighted by Gasteiger charge is 2.17. The van der Waals surface area contributed by atoms with E-state index in [2.05, 4.69) is 15.9 Å². The first-order valence-corrected chi connectivity index (χ1v) is 6.62. The molecule has 6 heteroatoms. The van der Waals surface area contributed by atoms with Crippen LogP contribution in [-0.2, 0) is 6.61 Å². The van der Waals surface area contributed by atoms with Crippen LogP contribution in [0.5, 0.6) is 11.5 Å². The highest BCUT2D eigenvalue weighted by molar-refractivity contribution is 9.10. The molecule has 0 saturated carbocycles. The second-order valence-corrected chi connectivity index (χ2v) is 5.16. The van der Waals surface area contributed by atoms with Gasteiger partial charge >= 0.3 is 5.69 Å². The number of benzene rings is 2. The van der Waals surface area contributed by atoms with Gasteiger partial charge in [-0.25, -0.2) is 0 Å². The number of hydrogen-bond acceptors (Lipinski definition) is 4. The maximum absolute atomic E-state index is 11.1. The number of aliphatic hydroxyl groups is 1. The van der Waals surface area contributed by atoms with Crippen molar-refractivity contribution in [3.05, 3.63) is 62.1 Å². The average Bonchev–Trinajstić information content (AvgIpc) is 2.41. The van der Waals surface area contributed by atoms with Gasteiger partial charge in [0.05, 0.1) is 11.5 Å². The van der Waals surface area contributed by atoms with Crippen molar-refractivity contribution in [2.45, 2.75) is 13.5 Å². The van der Waals surface area contributed by atoms with Gasteiger partial charge in [-0.15, -0.1) is 0 Å². The summed E-state index contributed by atoms with van der Waals surface area (Å²) in [4.78, 5) is 10.6. The second-order valence-electron chi connectivity index (χ2n) is 4.24. The smallest absolute Gasteiger partial charge is 0.311 e. The lowest BCUT2D eigenvalue weighted by Crippen LogP contribution is -1.96. The zero-order chi connectivity index (χ0) is 14.7. The molecule has 0 spiro atoms. The van der Waals surface area contributed by atoms with Crippen LogP contribution in [0.25, 0.3) is 0 Å². The van der Waals surface area contributed by atoms with Gasteiger partial charge in [0.15, 0.2) is 0 Å². The molecule has 1 N–H and O–H groups in total. The molecule has 0 aliphatic carbocycles. The third-order valence-corrected chi connectivity index (χ3v) is 3.22. The zero-order valence-electron chi connectivity index (χ0n) is 10.7. The lowest BCUT2D eigenvalue weighted by Gasteiger charge is -2.10. The molecule has 0 fully saturated rings. The fraction of sp³-hybridized carbons (Fsp3) is 0.143. The molecule has 0 saturated heterocycles. The molecule has 5 nitrogen and oxygen atoms in total. The molecule has 2 aromatic rings. The number of halogens is 1. The monoisotopic (exact) mass is 337 g/mol. The first kappa shape index (κ1) is 14.5. The number of aliphatic hydroxyl groups excluding tert-OH is 1. The summed E-state index contributed by atoms with van der Waals surface area (Å²) in [5, 5.41) is 20.3. The number of ether oxygens (including phenoxy) is 1. The molecule has 0 aromatic heterocycles. The maximum atomic E-state index is 11.1. The van der Waals surface area contributed by atoms with Gasteiger partial charge in [0, 0.05) is 16.1 Å². The number of nitro benzene ring substituents is 1. The minimum atomic E-state index is -0.487. The predicted octanol–water partition coefficient (Wildman–Crippen LogP) is 3.95. The van der Waals surface area contributed by atoms with Crippen molar-refractivity contribution in [2.24, 2.45) is 0 Å². The standard InChI is InChI=1S/C14H12BrNO4/c1-9-2-5-13(12(6-9)16(18)19)20-14-7-11(15)4-3-10(14)8-17/h2-7,17H,8H2,1H3. The topological polar surface area (TPSA) is 72.6 Å². The normalized spacial score (nSPS) is 10.3. The summed E-state index contributed by atoms with van der Waals surface area (Å²) in [6.07, 6.45) is 0. The SMILES string of the molecule is Cc1ccc(Oc2cc(Br)ccc2CO)c([N+](=O)[O-])c1. The molecule has 2 aromatic carbocycles. The van der Waals surface area contributed by atoms with Crippen molar-refractivity contribution in [1.29, 1.82) is 0 Å². The quantitative estimate of drug-likeness (QED) is 0.677. The van der Waals surface area contributed by atoms with Crippen molar-refractivity contribution in [1.82, 2.24) is 0 Å². The largest absolute Gasteiger partial charge is 0.450 e. The first-order chi connectivity index (χ1) is 9.51. The summed E-state index contributed by atoms with van der Waals surface area (Å²) < 4.78 is 6.36. The van der Waals surface area contributed by atoms with E-state index in [-0.39, 0.29) is 18.0 Å². The van der Waals surface area contributed by atoms with Gasteiger partial charge in [0.2, 0.25) is 5.75 Å². The first-order valence-electron chi connectivity index (χ1n) is 5.83. The number of hydrogen-bond donors (Lipinski definition) is 1. The third-order valence-electron chi connectivity index (χ3n) is 2.73.